The molecule has 2 heterocycles. The van der Waals surface area contributed by atoms with Gasteiger partial charge in [-0.3, -0.25) is 18.6 Å². The van der Waals surface area contributed by atoms with Gasteiger partial charge in [0.2, 0.25) is 0 Å². The van der Waals surface area contributed by atoms with Gasteiger partial charge in [0.05, 0.1) is 25.4 Å². The Morgan fingerprint density at radius 2 is 1.33 bits per heavy atom. The summed E-state index contributed by atoms with van der Waals surface area (Å²) in [7, 11) is -4.41. The first kappa shape index (κ1) is 50.6. The molecule has 1 saturated heterocycles. The number of esters is 2. The van der Waals surface area contributed by atoms with E-state index >= 15 is 0 Å². The Hall–Kier alpha value is -2.53. The van der Waals surface area contributed by atoms with Crippen molar-refractivity contribution in [3.8, 4) is 0 Å². The zero-order chi connectivity index (χ0) is 41.6. The van der Waals surface area contributed by atoms with Crippen LogP contribution in [0.5, 0.6) is 0 Å². The molecule has 1 aliphatic rings. The van der Waals surface area contributed by atoms with Crippen molar-refractivity contribution in [1.29, 1.82) is 0 Å². The van der Waals surface area contributed by atoms with Crippen LogP contribution in [0, 0.1) is 13.8 Å². The number of phosphoric acid groups is 1. The Morgan fingerprint density at radius 3 is 2.02 bits per heavy atom. The van der Waals surface area contributed by atoms with Crippen LogP contribution in [0.1, 0.15) is 165 Å². The molecule has 1 aliphatic heterocycles. The molecule has 1 fully saturated rings. The van der Waals surface area contributed by atoms with Gasteiger partial charge in [-0.05, 0) is 82.8 Å². The summed E-state index contributed by atoms with van der Waals surface area (Å²) in [4.78, 5) is 35.0. The van der Waals surface area contributed by atoms with Crippen molar-refractivity contribution in [2.24, 2.45) is 5.73 Å². The van der Waals surface area contributed by atoms with Crippen molar-refractivity contribution in [2.45, 2.75) is 187 Å². The fraction of sp³-hybridized carbons (Fsp3) is 0.733. The Balaban J connectivity index is 1.61. The van der Waals surface area contributed by atoms with Gasteiger partial charge in [-0.1, -0.05) is 108 Å². The molecule has 0 aliphatic carbocycles. The van der Waals surface area contributed by atoms with E-state index < -0.39 is 32.5 Å². The molecule has 3 unspecified atom stereocenters. The number of nitrogens with two attached hydrogens (primary N) is 1. The van der Waals surface area contributed by atoms with E-state index in [4.69, 9.17) is 33.4 Å². The molecule has 11 nitrogen and oxygen atoms in total. The van der Waals surface area contributed by atoms with Crippen LogP contribution in [0.15, 0.2) is 40.9 Å². The van der Waals surface area contributed by atoms with Crippen LogP contribution < -0.4 is 5.73 Å². The minimum absolute atomic E-state index is 0.0343. The summed E-state index contributed by atoms with van der Waals surface area (Å²) in [6.45, 7) is 7.87. The number of phosphoric ester groups is 1. The average molecular weight is 822 g/mol. The molecule has 1 aromatic rings. The zero-order valence-corrected chi connectivity index (χ0v) is 36.6. The average Bonchev–Trinajstić information content (AvgIpc) is 3.89. The Morgan fingerprint density at radius 1 is 0.737 bits per heavy atom. The van der Waals surface area contributed by atoms with E-state index in [-0.39, 0.29) is 32.6 Å². The molecule has 0 amide bonds. The van der Waals surface area contributed by atoms with Crippen molar-refractivity contribution < 1.29 is 46.7 Å². The fourth-order valence-electron chi connectivity index (χ4n) is 6.49. The number of rotatable bonds is 36. The number of carbonyl (C=O) groups excluding carboxylic acids is 2. The van der Waals surface area contributed by atoms with Gasteiger partial charge in [0.15, 0.2) is 6.10 Å². The Bertz CT molecular complexity index is 1370. The van der Waals surface area contributed by atoms with E-state index in [0.717, 1.165) is 75.7 Å². The molecule has 0 radical (unpaired) electrons. The second-order valence-corrected chi connectivity index (χ2v) is 16.6. The third-order valence-corrected chi connectivity index (χ3v) is 11.1. The lowest BCUT2D eigenvalue weighted by Gasteiger charge is -2.19. The van der Waals surface area contributed by atoms with Crippen molar-refractivity contribution in [3.05, 3.63) is 59.1 Å². The van der Waals surface area contributed by atoms with E-state index in [1.165, 1.54) is 56.1 Å². The van der Waals surface area contributed by atoms with Gasteiger partial charge >= 0.3 is 19.8 Å². The van der Waals surface area contributed by atoms with Gasteiger partial charge in [-0.25, -0.2) is 4.57 Å². The third-order valence-electron chi connectivity index (χ3n) is 10.2. The van der Waals surface area contributed by atoms with Gasteiger partial charge in [0, 0.05) is 32.2 Å². The predicted octanol–water partition coefficient (Wildman–Crippen LogP) is 10.8. The SMILES string of the molecule is CCCCCc1oc(CCCCCCCCC(=O)OC[C@H](COP(=O)(O)OCCN)OC(=O)CCC/C=C\C/C=C\C/C=C\CC2OC2CCCCC)c(C)c1C. The molecule has 4 atom stereocenters. The molecule has 0 saturated carbocycles. The minimum Gasteiger partial charge on any atom is -0.466 e. The Kier molecular flexibility index (Phi) is 27.9. The van der Waals surface area contributed by atoms with E-state index in [0.29, 0.717) is 31.5 Å². The number of furan rings is 1. The standard InChI is InChI=1S/C45H76NO10P/c1-5-7-21-27-40-37(3)38(4)41(55-40)28-23-17-15-16-19-25-31-44(47)51-35-39(36-53-57(49,50)52-34-33-46)54-45(48)32-26-20-14-12-10-9-11-13-18-24-30-43-42(56-43)29-22-8-6-2/h9,11-12,14,18,24,39,42-43H,5-8,10,13,15-17,19-23,25-36,46H2,1-4H3,(H,49,50)/b11-9-,14-12-,24-18-/t39-,42?,43?/m1/s1. The highest BCUT2D eigenvalue weighted by molar-refractivity contribution is 7.47. The number of allylic oxidation sites excluding steroid dienone is 5. The van der Waals surface area contributed by atoms with Gasteiger partial charge in [0.1, 0.15) is 18.1 Å². The summed E-state index contributed by atoms with van der Waals surface area (Å²) in [5.74, 6) is 1.34. The second kappa shape index (κ2) is 31.4. The third kappa shape index (κ3) is 24.9. The topological polar surface area (TPSA) is 160 Å². The van der Waals surface area contributed by atoms with Gasteiger partial charge in [-0.2, -0.15) is 0 Å². The highest BCUT2D eigenvalue weighted by Crippen LogP contribution is 2.43. The molecule has 3 N–H and O–H groups in total. The number of unbranched alkanes of at least 4 members (excludes halogenated alkanes) is 10. The van der Waals surface area contributed by atoms with Crippen molar-refractivity contribution in [3.63, 3.8) is 0 Å². The quantitative estimate of drug-likeness (QED) is 0.0218. The van der Waals surface area contributed by atoms with E-state index in [9.17, 15) is 19.0 Å². The van der Waals surface area contributed by atoms with Crippen LogP contribution in [0.25, 0.3) is 0 Å². The molecule has 2 rings (SSSR count). The van der Waals surface area contributed by atoms with Crippen LogP contribution in [0.2, 0.25) is 0 Å². The lowest BCUT2D eigenvalue weighted by Crippen LogP contribution is -2.29. The van der Waals surface area contributed by atoms with Crippen LogP contribution in [0.4, 0.5) is 0 Å². The Labute approximate surface area is 344 Å². The first-order valence-corrected chi connectivity index (χ1v) is 23.4. The van der Waals surface area contributed by atoms with Crippen LogP contribution >= 0.6 is 7.82 Å². The molecule has 12 heteroatoms. The lowest BCUT2D eigenvalue weighted by molar-refractivity contribution is -0.161. The molecule has 57 heavy (non-hydrogen) atoms. The maximum atomic E-state index is 12.6. The largest absolute Gasteiger partial charge is 0.472 e. The number of epoxide rings is 1. The maximum Gasteiger partial charge on any atom is 0.472 e. The zero-order valence-electron chi connectivity index (χ0n) is 35.7. The van der Waals surface area contributed by atoms with Gasteiger partial charge < -0.3 is 29.3 Å². The molecule has 0 spiro atoms. The van der Waals surface area contributed by atoms with E-state index in [1.54, 1.807) is 0 Å². The van der Waals surface area contributed by atoms with Crippen molar-refractivity contribution in [2.75, 3.05) is 26.4 Å². The predicted molar refractivity (Wildman–Crippen MR) is 227 cm³/mol. The smallest absolute Gasteiger partial charge is 0.466 e. The van der Waals surface area contributed by atoms with Crippen molar-refractivity contribution in [1.82, 2.24) is 0 Å². The normalized spacial score (nSPS) is 17.2. The first-order valence-electron chi connectivity index (χ1n) is 21.9. The van der Waals surface area contributed by atoms with Crippen LogP contribution in [-0.4, -0.2) is 61.5 Å². The van der Waals surface area contributed by atoms with Gasteiger partial charge in [-0.15, -0.1) is 0 Å². The van der Waals surface area contributed by atoms with E-state index in [2.05, 4.69) is 58.1 Å². The van der Waals surface area contributed by atoms with Crippen LogP contribution in [-0.2, 0) is 50.3 Å². The first-order chi connectivity index (χ1) is 27.6. The summed E-state index contributed by atoms with van der Waals surface area (Å²) in [5.41, 5.74) is 7.95. The highest BCUT2D eigenvalue weighted by atomic mass is 31.2. The van der Waals surface area contributed by atoms with Crippen molar-refractivity contribution >= 4 is 19.8 Å². The molecule has 0 bridgehead atoms. The number of aryl methyl sites for hydroxylation is 2. The molecule has 326 valence electrons. The fourth-order valence-corrected chi connectivity index (χ4v) is 7.25. The second-order valence-electron chi connectivity index (χ2n) is 15.2. The van der Waals surface area contributed by atoms with Gasteiger partial charge in [0.25, 0.3) is 0 Å². The number of ether oxygens (including phenoxy) is 3. The summed E-state index contributed by atoms with van der Waals surface area (Å²) in [5, 5.41) is 0. The lowest BCUT2D eigenvalue weighted by atomic mass is 10.0. The van der Waals surface area contributed by atoms with Crippen LogP contribution in [0.3, 0.4) is 0 Å². The summed E-state index contributed by atoms with van der Waals surface area (Å²) >= 11 is 0. The molecule has 1 aromatic heterocycles. The monoisotopic (exact) mass is 822 g/mol. The number of hydrogen-bond donors (Lipinski definition) is 2. The molecular weight excluding hydrogens is 745 g/mol. The minimum atomic E-state index is -4.41. The molecule has 0 aromatic carbocycles. The summed E-state index contributed by atoms with van der Waals surface area (Å²) in [6.07, 6.45) is 33.3. The summed E-state index contributed by atoms with van der Waals surface area (Å²) in [6, 6.07) is 0. The van der Waals surface area contributed by atoms with E-state index in [1.807, 2.05) is 6.08 Å². The molecular formula is C45H76NO10P. The number of hydrogen-bond acceptors (Lipinski definition) is 10. The summed E-state index contributed by atoms with van der Waals surface area (Å²) < 4.78 is 44.7. The number of carbonyl (C=O) groups is 2. The highest BCUT2D eigenvalue weighted by Gasteiger charge is 2.36. The maximum absolute atomic E-state index is 12.6.